The van der Waals surface area contributed by atoms with E-state index in [1.165, 1.54) is 0 Å². The van der Waals surface area contributed by atoms with Gasteiger partial charge < -0.3 is 10.6 Å². The first-order chi connectivity index (χ1) is 6.68. The largest absolute Gasteiger partial charge is 0.367 e. The van der Waals surface area contributed by atoms with E-state index in [4.69, 9.17) is 11.6 Å². The normalized spacial score (nSPS) is 10.6. The van der Waals surface area contributed by atoms with E-state index in [0.29, 0.717) is 11.2 Å². The summed E-state index contributed by atoms with van der Waals surface area (Å²) in [7, 11) is 0. The summed E-state index contributed by atoms with van der Waals surface area (Å²) < 4.78 is 0. The predicted molar refractivity (Wildman–Crippen MR) is 58.7 cm³/mol. The highest BCUT2D eigenvalue weighted by Crippen LogP contribution is 2.04. The summed E-state index contributed by atoms with van der Waals surface area (Å²) in [6.07, 6.45) is 0. The molecule has 0 radical (unpaired) electrons. The van der Waals surface area contributed by atoms with E-state index >= 15 is 0 Å². The van der Waals surface area contributed by atoms with Crippen LogP contribution in [0.1, 0.15) is 13.8 Å². The number of anilines is 1. The quantitative estimate of drug-likeness (QED) is 0.731. The third kappa shape index (κ3) is 4.39. The summed E-state index contributed by atoms with van der Waals surface area (Å²) in [6.45, 7) is 5.96. The van der Waals surface area contributed by atoms with Crippen molar-refractivity contribution in [2.45, 2.75) is 19.9 Å². The molecule has 0 aliphatic heterocycles. The van der Waals surface area contributed by atoms with Gasteiger partial charge in [0.2, 0.25) is 0 Å². The van der Waals surface area contributed by atoms with Crippen molar-refractivity contribution in [3.05, 3.63) is 17.3 Å². The summed E-state index contributed by atoms with van der Waals surface area (Å²) in [5.74, 6) is 0.750. The Morgan fingerprint density at radius 2 is 2.07 bits per heavy atom. The second-order valence-electron chi connectivity index (χ2n) is 3.28. The molecule has 4 nitrogen and oxygen atoms in total. The molecule has 0 saturated carbocycles. The monoisotopic (exact) mass is 214 g/mol. The van der Waals surface area contributed by atoms with Crippen LogP contribution in [0.25, 0.3) is 0 Å². The van der Waals surface area contributed by atoms with E-state index in [1.807, 2.05) is 6.07 Å². The van der Waals surface area contributed by atoms with Crippen LogP contribution >= 0.6 is 11.6 Å². The standard InChI is InChI=1S/C9H15ClN4/c1-7(2)11-5-6-12-9-4-3-8(10)13-14-9/h3-4,7,11H,5-6H2,1-2H3,(H,12,14). The molecule has 1 rings (SSSR count). The Morgan fingerprint density at radius 1 is 1.29 bits per heavy atom. The second-order valence-corrected chi connectivity index (χ2v) is 3.66. The van der Waals surface area contributed by atoms with Gasteiger partial charge in [0.1, 0.15) is 5.82 Å². The molecule has 0 bridgehead atoms. The van der Waals surface area contributed by atoms with Gasteiger partial charge in [-0.15, -0.1) is 10.2 Å². The molecule has 14 heavy (non-hydrogen) atoms. The average molecular weight is 215 g/mol. The smallest absolute Gasteiger partial charge is 0.151 e. The summed E-state index contributed by atoms with van der Waals surface area (Å²) in [5.41, 5.74) is 0. The lowest BCUT2D eigenvalue weighted by atomic mass is 10.4. The molecule has 0 saturated heterocycles. The van der Waals surface area contributed by atoms with Crippen LogP contribution in [-0.2, 0) is 0 Å². The number of rotatable bonds is 5. The molecular formula is C9H15ClN4. The number of hydrogen-bond acceptors (Lipinski definition) is 4. The van der Waals surface area contributed by atoms with Crippen LogP contribution in [0.5, 0.6) is 0 Å². The Labute approximate surface area is 89.1 Å². The van der Waals surface area contributed by atoms with Crippen LogP contribution in [-0.4, -0.2) is 29.3 Å². The molecule has 5 heteroatoms. The average Bonchev–Trinajstić information content (AvgIpc) is 2.15. The minimum Gasteiger partial charge on any atom is -0.367 e. The van der Waals surface area contributed by atoms with Crippen molar-refractivity contribution in [3.63, 3.8) is 0 Å². The van der Waals surface area contributed by atoms with Crippen LogP contribution in [0.3, 0.4) is 0 Å². The lowest BCUT2D eigenvalue weighted by Crippen LogP contribution is -2.28. The van der Waals surface area contributed by atoms with Gasteiger partial charge in [0, 0.05) is 19.1 Å². The van der Waals surface area contributed by atoms with Crippen molar-refractivity contribution < 1.29 is 0 Å². The van der Waals surface area contributed by atoms with Gasteiger partial charge >= 0.3 is 0 Å². The fourth-order valence-corrected chi connectivity index (χ4v) is 1.06. The van der Waals surface area contributed by atoms with Crippen molar-refractivity contribution in [1.29, 1.82) is 0 Å². The molecule has 1 aromatic heterocycles. The van der Waals surface area contributed by atoms with E-state index in [2.05, 4.69) is 34.7 Å². The summed E-state index contributed by atoms with van der Waals surface area (Å²) in [6, 6.07) is 4.03. The Hall–Kier alpha value is -0.870. The molecule has 0 amide bonds. The number of halogens is 1. The molecule has 0 unspecified atom stereocenters. The third-order valence-electron chi connectivity index (χ3n) is 1.62. The Balaban J connectivity index is 2.21. The molecule has 0 spiro atoms. The molecule has 1 aromatic rings. The van der Waals surface area contributed by atoms with Gasteiger partial charge in [-0.05, 0) is 12.1 Å². The van der Waals surface area contributed by atoms with Gasteiger partial charge in [0.25, 0.3) is 0 Å². The molecule has 0 atom stereocenters. The minimum atomic E-state index is 0.413. The van der Waals surface area contributed by atoms with E-state index in [9.17, 15) is 0 Å². The molecular weight excluding hydrogens is 200 g/mol. The SMILES string of the molecule is CC(C)NCCNc1ccc(Cl)nn1. The highest BCUT2D eigenvalue weighted by atomic mass is 35.5. The van der Waals surface area contributed by atoms with Crippen LogP contribution in [0.15, 0.2) is 12.1 Å². The number of aromatic nitrogens is 2. The van der Waals surface area contributed by atoms with Crippen molar-refractivity contribution >= 4 is 17.4 Å². The lowest BCUT2D eigenvalue weighted by Gasteiger charge is -2.08. The van der Waals surface area contributed by atoms with Gasteiger partial charge in [-0.1, -0.05) is 25.4 Å². The fourth-order valence-electron chi connectivity index (χ4n) is 0.962. The summed E-state index contributed by atoms with van der Waals surface area (Å²) in [5, 5.41) is 14.4. The maximum Gasteiger partial charge on any atom is 0.151 e. The Kier molecular flexibility index (Phi) is 4.62. The maximum absolute atomic E-state index is 5.60. The summed E-state index contributed by atoms with van der Waals surface area (Å²) >= 11 is 5.60. The zero-order chi connectivity index (χ0) is 10.4. The Bertz CT molecular complexity index is 260. The molecule has 0 aliphatic carbocycles. The molecule has 0 fully saturated rings. The number of hydrogen-bond donors (Lipinski definition) is 2. The van der Waals surface area contributed by atoms with Gasteiger partial charge in [-0.25, -0.2) is 0 Å². The zero-order valence-corrected chi connectivity index (χ0v) is 9.17. The second kappa shape index (κ2) is 5.78. The van der Waals surface area contributed by atoms with Crippen LogP contribution in [0, 0.1) is 0 Å². The Morgan fingerprint density at radius 3 is 2.64 bits per heavy atom. The first-order valence-corrected chi connectivity index (χ1v) is 5.03. The molecule has 1 heterocycles. The van der Waals surface area contributed by atoms with Crippen molar-refractivity contribution in [3.8, 4) is 0 Å². The van der Waals surface area contributed by atoms with E-state index in [1.54, 1.807) is 6.07 Å². The zero-order valence-electron chi connectivity index (χ0n) is 8.42. The summed E-state index contributed by atoms with van der Waals surface area (Å²) in [4.78, 5) is 0. The number of nitrogens with zero attached hydrogens (tertiary/aromatic N) is 2. The van der Waals surface area contributed by atoms with E-state index in [0.717, 1.165) is 18.9 Å². The van der Waals surface area contributed by atoms with Crippen molar-refractivity contribution in [2.75, 3.05) is 18.4 Å². The van der Waals surface area contributed by atoms with Gasteiger partial charge in [0.05, 0.1) is 0 Å². The highest BCUT2D eigenvalue weighted by Gasteiger charge is 1.95. The van der Waals surface area contributed by atoms with Crippen molar-refractivity contribution in [1.82, 2.24) is 15.5 Å². The fraction of sp³-hybridized carbons (Fsp3) is 0.556. The molecule has 0 aliphatic rings. The van der Waals surface area contributed by atoms with Crippen LogP contribution in [0.2, 0.25) is 5.15 Å². The first-order valence-electron chi connectivity index (χ1n) is 4.65. The number of nitrogens with one attached hydrogen (secondary N) is 2. The predicted octanol–water partition coefficient (Wildman–Crippen LogP) is 1.54. The molecule has 0 aromatic carbocycles. The maximum atomic E-state index is 5.60. The van der Waals surface area contributed by atoms with Gasteiger partial charge in [-0.2, -0.15) is 0 Å². The van der Waals surface area contributed by atoms with Gasteiger partial charge in [-0.3, -0.25) is 0 Å². The molecule has 2 N–H and O–H groups in total. The topological polar surface area (TPSA) is 49.8 Å². The molecule has 78 valence electrons. The lowest BCUT2D eigenvalue weighted by molar-refractivity contribution is 0.602. The van der Waals surface area contributed by atoms with Crippen LogP contribution < -0.4 is 10.6 Å². The van der Waals surface area contributed by atoms with Crippen LogP contribution in [0.4, 0.5) is 5.82 Å². The van der Waals surface area contributed by atoms with Gasteiger partial charge in [0.15, 0.2) is 5.15 Å². The minimum absolute atomic E-state index is 0.413. The highest BCUT2D eigenvalue weighted by molar-refractivity contribution is 6.29. The first kappa shape index (κ1) is 11.2. The van der Waals surface area contributed by atoms with Crippen molar-refractivity contribution in [2.24, 2.45) is 0 Å². The van der Waals surface area contributed by atoms with E-state index in [-0.39, 0.29) is 0 Å². The van der Waals surface area contributed by atoms with E-state index < -0.39 is 0 Å². The third-order valence-corrected chi connectivity index (χ3v) is 1.82.